The molecule has 1 N–H and O–H groups in total. The molecule has 1 aliphatic rings. The average molecular weight is 379 g/mol. The quantitative estimate of drug-likeness (QED) is 0.588. The minimum atomic E-state index is -0.0667. The topological polar surface area (TPSA) is 92.6 Å². The summed E-state index contributed by atoms with van der Waals surface area (Å²) in [7, 11) is 0. The van der Waals surface area contributed by atoms with Crippen molar-refractivity contribution in [2.75, 3.05) is 6.54 Å². The van der Waals surface area contributed by atoms with Crippen LogP contribution in [0, 0.1) is 20.8 Å². The van der Waals surface area contributed by atoms with E-state index in [1.807, 2.05) is 32.9 Å². The molecule has 0 bridgehead atoms. The molecule has 0 radical (unpaired) electrons. The molecule has 0 unspecified atom stereocenters. The van der Waals surface area contributed by atoms with E-state index in [0.29, 0.717) is 35.9 Å². The number of hydrogen-bond acceptors (Lipinski definition) is 6. The maximum absolute atomic E-state index is 13.1. The zero-order chi connectivity index (χ0) is 19.4. The average Bonchev–Trinajstić information content (AvgIpc) is 3.35. The van der Waals surface area contributed by atoms with Crippen molar-refractivity contribution in [3.05, 3.63) is 62.7 Å². The fraction of sp³-hybridized carbons (Fsp3) is 0.350. The molecule has 5 rings (SSSR count). The van der Waals surface area contributed by atoms with E-state index in [2.05, 4.69) is 21.2 Å². The van der Waals surface area contributed by atoms with Crippen molar-refractivity contribution >= 4 is 5.65 Å². The molecule has 0 aliphatic carbocycles. The number of aromatic nitrogens is 4. The zero-order valence-electron chi connectivity index (χ0n) is 16.1. The number of rotatable bonds is 3. The van der Waals surface area contributed by atoms with E-state index in [0.717, 1.165) is 41.3 Å². The Labute approximate surface area is 160 Å². The predicted octanol–water partition coefficient (Wildman–Crippen LogP) is 2.75. The van der Waals surface area contributed by atoms with Crippen LogP contribution in [0.1, 0.15) is 34.1 Å². The SMILES string of the molecule is Cc1cc(-c2cc3nc4c(c(=O)n3[nH]2)CN(Cc2cc(C)c(C)o2)CC4)no1. The predicted molar refractivity (Wildman–Crippen MR) is 102 cm³/mol. The Hall–Kier alpha value is -3.13. The molecule has 28 heavy (non-hydrogen) atoms. The van der Waals surface area contributed by atoms with Gasteiger partial charge in [-0.05, 0) is 32.4 Å². The first-order chi connectivity index (χ1) is 13.5. The molecule has 1 aliphatic heterocycles. The summed E-state index contributed by atoms with van der Waals surface area (Å²) in [6.45, 7) is 7.93. The lowest BCUT2D eigenvalue weighted by Gasteiger charge is -2.26. The highest BCUT2D eigenvalue weighted by Gasteiger charge is 2.24. The standard InChI is InChI=1S/C20H21N5O3/c1-11-6-14(27-13(11)3)9-24-5-4-16-15(10-24)20(26)25-19(21-16)8-17(22-25)18-7-12(2)28-23-18/h6-8,22H,4-5,9-10H2,1-3H3. The molecular formula is C20H21N5O3. The fourth-order valence-corrected chi connectivity index (χ4v) is 3.74. The van der Waals surface area contributed by atoms with Gasteiger partial charge in [0.25, 0.3) is 5.56 Å². The highest BCUT2D eigenvalue weighted by Crippen LogP contribution is 2.22. The minimum Gasteiger partial charge on any atom is -0.465 e. The van der Waals surface area contributed by atoms with Gasteiger partial charge in [-0.2, -0.15) is 0 Å². The van der Waals surface area contributed by atoms with E-state index in [-0.39, 0.29) is 5.56 Å². The van der Waals surface area contributed by atoms with Gasteiger partial charge in [0, 0.05) is 31.6 Å². The van der Waals surface area contributed by atoms with Crippen LogP contribution in [0.3, 0.4) is 0 Å². The Bertz CT molecular complexity index is 1220. The summed E-state index contributed by atoms with van der Waals surface area (Å²) >= 11 is 0. The third kappa shape index (κ3) is 2.77. The number of nitrogens with one attached hydrogen (secondary N) is 1. The molecule has 4 aromatic rings. The van der Waals surface area contributed by atoms with Gasteiger partial charge in [-0.1, -0.05) is 5.16 Å². The van der Waals surface area contributed by atoms with E-state index < -0.39 is 0 Å². The highest BCUT2D eigenvalue weighted by molar-refractivity contribution is 5.60. The Kier molecular flexibility index (Phi) is 3.77. The monoisotopic (exact) mass is 379 g/mol. The lowest BCUT2D eigenvalue weighted by Crippen LogP contribution is -2.36. The van der Waals surface area contributed by atoms with E-state index in [4.69, 9.17) is 13.9 Å². The van der Waals surface area contributed by atoms with Crippen molar-refractivity contribution in [3.63, 3.8) is 0 Å². The number of furan rings is 1. The van der Waals surface area contributed by atoms with Crippen molar-refractivity contribution < 1.29 is 8.94 Å². The smallest absolute Gasteiger partial charge is 0.277 e. The second-order valence-electron chi connectivity index (χ2n) is 7.44. The third-order valence-electron chi connectivity index (χ3n) is 5.34. The van der Waals surface area contributed by atoms with Gasteiger partial charge in [0.2, 0.25) is 0 Å². The molecule has 0 atom stereocenters. The van der Waals surface area contributed by atoms with Crippen LogP contribution < -0.4 is 5.56 Å². The van der Waals surface area contributed by atoms with Crippen LogP contribution in [0.5, 0.6) is 0 Å². The third-order valence-corrected chi connectivity index (χ3v) is 5.34. The van der Waals surface area contributed by atoms with Crippen molar-refractivity contribution in [1.82, 2.24) is 24.7 Å². The van der Waals surface area contributed by atoms with Gasteiger partial charge in [0.05, 0.1) is 23.5 Å². The molecular weight excluding hydrogens is 358 g/mol. The van der Waals surface area contributed by atoms with Crippen LogP contribution >= 0.6 is 0 Å². The molecule has 0 amide bonds. The molecule has 144 valence electrons. The lowest BCUT2D eigenvalue weighted by atomic mass is 10.1. The molecule has 0 spiro atoms. The summed E-state index contributed by atoms with van der Waals surface area (Å²) < 4.78 is 12.4. The second-order valence-corrected chi connectivity index (χ2v) is 7.44. The van der Waals surface area contributed by atoms with Gasteiger partial charge in [0.15, 0.2) is 5.65 Å². The number of aryl methyl sites for hydroxylation is 3. The number of hydrogen-bond donors (Lipinski definition) is 1. The number of aromatic amines is 1. The van der Waals surface area contributed by atoms with Gasteiger partial charge in [-0.25, -0.2) is 9.50 Å². The maximum Gasteiger partial charge on any atom is 0.277 e. The zero-order valence-corrected chi connectivity index (χ0v) is 16.1. The number of nitrogens with zero attached hydrogens (tertiary/aromatic N) is 4. The fourth-order valence-electron chi connectivity index (χ4n) is 3.74. The van der Waals surface area contributed by atoms with Crippen LogP contribution in [-0.2, 0) is 19.5 Å². The summed E-state index contributed by atoms with van der Waals surface area (Å²) in [6.07, 6.45) is 0.739. The van der Waals surface area contributed by atoms with Crippen molar-refractivity contribution in [3.8, 4) is 11.4 Å². The molecule has 8 nitrogen and oxygen atoms in total. The molecule has 0 fully saturated rings. The number of fused-ring (bicyclic) bond motifs is 2. The highest BCUT2D eigenvalue weighted by atomic mass is 16.5. The first kappa shape index (κ1) is 17.0. The molecule has 0 saturated heterocycles. The second kappa shape index (κ2) is 6.20. The van der Waals surface area contributed by atoms with Gasteiger partial charge in [-0.15, -0.1) is 0 Å². The first-order valence-corrected chi connectivity index (χ1v) is 9.33. The van der Waals surface area contributed by atoms with Crippen LogP contribution in [0.25, 0.3) is 17.0 Å². The van der Waals surface area contributed by atoms with Crippen molar-refractivity contribution in [2.45, 2.75) is 40.3 Å². The molecule has 8 heteroatoms. The number of H-pyrrole nitrogens is 1. The summed E-state index contributed by atoms with van der Waals surface area (Å²) in [5, 5.41) is 7.11. The molecule has 0 aromatic carbocycles. The summed E-state index contributed by atoms with van der Waals surface area (Å²) in [6, 6.07) is 5.72. The van der Waals surface area contributed by atoms with Crippen molar-refractivity contribution in [1.29, 1.82) is 0 Å². The summed E-state index contributed by atoms with van der Waals surface area (Å²) in [5.41, 5.74) is 4.65. The Morgan fingerprint density at radius 1 is 1.21 bits per heavy atom. The normalized spacial score (nSPS) is 14.7. The van der Waals surface area contributed by atoms with Gasteiger partial charge in [-0.3, -0.25) is 14.8 Å². The lowest BCUT2D eigenvalue weighted by molar-refractivity contribution is 0.221. The van der Waals surface area contributed by atoms with E-state index in [1.54, 1.807) is 0 Å². The van der Waals surface area contributed by atoms with Crippen LogP contribution in [-0.4, -0.2) is 31.2 Å². The Morgan fingerprint density at radius 3 is 2.79 bits per heavy atom. The molecule has 5 heterocycles. The van der Waals surface area contributed by atoms with E-state index in [9.17, 15) is 4.79 Å². The summed E-state index contributed by atoms with van der Waals surface area (Å²) in [5.74, 6) is 2.58. The largest absolute Gasteiger partial charge is 0.465 e. The maximum atomic E-state index is 13.1. The van der Waals surface area contributed by atoms with Gasteiger partial charge >= 0.3 is 0 Å². The van der Waals surface area contributed by atoms with Gasteiger partial charge in [0.1, 0.15) is 23.0 Å². The first-order valence-electron chi connectivity index (χ1n) is 9.33. The Balaban J connectivity index is 1.48. The van der Waals surface area contributed by atoms with Gasteiger partial charge < -0.3 is 8.94 Å². The van der Waals surface area contributed by atoms with E-state index >= 15 is 0 Å². The summed E-state index contributed by atoms with van der Waals surface area (Å²) in [4.78, 5) is 20.0. The minimum absolute atomic E-state index is 0.0667. The van der Waals surface area contributed by atoms with Crippen LogP contribution in [0.4, 0.5) is 0 Å². The Morgan fingerprint density at radius 2 is 2.07 bits per heavy atom. The van der Waals surface area contributed by atoms with Crippen molar-refractivity contribution in [2.24, 2.45) is 0 Å². The molecule has 4 aromatic heterocycles. The van der Waals surface area contributed by atoms with Crippen LogP contribution in [0.15, 0.2) is 31.9 Å². The molecule has 0 saturated carbocycles. The van der Waals surface area contributed by atoms with Crippen LogP contribution in [0.2, 0.25) is 0 Å². The van der Waals surface area contributed by atoms with E-state index in [1.165, 1.54) is 4.52 Å².